The van der Waals surface area contributed by atoms with Gasteiger partial charge in [0.25, 0.3) is 0 Å². The van der Waals surface area contributed by atoms with Crippen molar-refractivity contribution < 1.29 is 5.11 Å². The van der Waals surface area contributed by atoms with Gasteiger partial charge in [-0.1, -0.05) is 13.8 Å². The summed E-state index contributed by atoms with van der Waals surface area (Å²) >= 11 is 0. The monoisotopic (exact) mass is 254 g/mol. The largest absolute Gasteiger partial charge is 0.378 e. The molecule has 0 bridgehead atoms. The molecule has 1 atom stereocenters. The van der Waals surface area contributed by atoms with Gasteiger partial charge in [0.05, 0.1) is 0 Å². The summed E-state index contributed by atoms with van der Waals surface area (Å²) in [5, 5.41) is 10.2. The standard InChI is InChI=1S/C15H30N2O/c1-12(2)14(18)17-10-7-15(11-17)5-8-16(9-6-15)13(3)4/h12-14,18H,5-11H2,1-4H3. The topological polar surface area (TPSA) is 26.7 Å². The maximum Gasteiger partial charge on any atom is 0.109 e. The van der Waals surface area contributed by atoms with Crippen molar-refractivity contribution in [1.82, 2.24) is 9.80 Å². The molecule has 1 spiro atoms. The Labute approximate surface area is 112 Å². The number of piperidine rings is 1. The highest BCUT2D eigenvalue weighted by atomic mass is 16.3. The van der Waals surface area contributed by atoms with Crippen LogP contribution in [0.15, 0.2) is 0 Å². The van der Waals surface area contributed by atoms with E-state index < -0.39 is 0 Å². The maximum absolute atomic E-state index is 10.2. The van der Waals surface area contributed by atoms with Crippen molar-refractivity contribution in [3.8, 4) is 0 Å². The van der Waals surface area contributed by atoms with Crippen LogP contribution in [-0.2, 0) is 0 Å². The number of aliphatic hydroxyl groups is 1. The van der Waals surface area contributed by atoms with Gasteiger partial charge in [0, 0.05) is 19.1 Å². The number of hydrogen-bond donors (Lipinski definition) is 1. The number of rotatable bonds is 3. The van der Waals surface area contributed by atoms with Crippen LogP contribution in [-0.4, -0.2) is 53.4 Å². The van der Waals surface area contributed by atoms with Crippen molar-refractivity contribution >= 4 is 0 Å². The van der Waals surface area contributed by atoms with E-state index in [-0.39, 0.29) is 6.23 Å². The quantitative estimate of drug-likeness (QED) is 0.836. The Balaban J connectivity index is 1.89. The highest BCUT2D eigenvalue weighted by Crippen LogP contribution is 2.41. The maximum atomic E-state index is 10.2. The minimum Gasteiger partial charge on any atom is -0.378 e. The molecule has 0 radical (unpaired) electrons. The summed E-state index contributed by atoms with van der Waals surface area (Å²) in [6.07, 6.45) is 3.66. The molecule has 0 aromatic carbocycles. The van der Waals surface area contributed by atoms with Crippen LogP contribution < -0.4 is 0 Å². The summed E-state index contributed by atoms with van der Waals surface area (Å²) in [5.74, 6) is 0.343. The Morgan fingerprint density at radius 3 is 1.83 bits per heavy atom. The van der Waals surface area contributed by atoms with Crippen LogP contribution in [0.4, 0.5) is 0 Å². The van der Waals surface area contributed by atoms with Gasteiger partial charge in [-0.25, -0.2) is 0 Å². The van der Waals surface area contributed by atoms with E-state index >= 15 is 0 Å². The predicted molar refractivity (Wildman–Crippen MR) is 75.4 cm³/mol. The van der Waals surface area contributed by atoms with Crippen LogP contribution in [0, 0.1) is 11.3 Å². The molecule has 0 aromatic heterocycles. The SMILES string of the molecule is CC(C)C(O)N1CCC2(CCN(C(C)C)CC2)C1. The number of nitrogens with zero attached hydrogens (tertiary/aromatic N) is 2. The summed E-state index contributed by atoms with van der Waals surface area (Å²) in [6, 6.07) is 0.682. The van der Waals surface area contributed by atoms with Crippen LogP contribution in [0.5, 0.6) is 0 Å². The van der Waals surface area contributed by atoms with Crippen LogP contribution in [0.1, 0.15) is 47.0 Å². The van der Waals surface area contributed by atoms with Gasteiger partial charge in [-0.3, -0.25) is 4.90 Å². The van der Waals surface area contributed by atoms with Crippen molar-refractivity contribution in [2.75, 3.05) is 26.2 Å². The summed E-state index contributed by atoms with van der Waals surface area (Å²) in [7, 11) is 0. The first kappa shape index (κ1) is 14.3. The first-order chi connectivity index (χ1) is 8.43. The summed E-state index contributed by atoms with van der Waals surface area (Å²) in [6.45, 7) is 13.5. The molecule has 1 N–H and O–H groups in total. The molecule has 2 rings (SSSR count). The average Bonchev–Trinajstić information content (AvgIpc) is 2.72. The van der Waals surface area contributed by atoms with Gasteiger partial charge < -0.3 is 10.0 Å². The molecule has 0 amide bonds. The first-order valence-electron chi connectivity index (χ1n) is 7.60. The normalized spacial score (nSPS) is 27.5. The van der Waals surface area contributed by atoms with Crippen molar-refractivity contribution in [3.05, 3.63) is 0 Å². The minimum absolute atomic E-state index is 0.243. The molecule has 2 aliphatic rings. The fraction of sp³-hybridized carbons (Fsp3) is 1.00. The van der Waals surface area contributed by atoms with Crippen molar-refractivity contribution in [2.24, 2.45) is 11.3 Å². The zero-order valence-electron chi connectivity index (χ0n) is 12.5. The molecule has 2 aliphatic heterocycles. The molecule has 1 unspecified atom stereocenters. The molecule has 2 fully saturated rings. The fourth-order valence-corrected chi connectivity index (χ4v) is 3.54. The van der Waals surface area contributed by atoms with Crippen LogP contribution in [0.3, 0.4) is 0 Å². The highest BCUT2D eigenvalue weighted by Gasteiger charge is 2.42. The lowest BCUT2D eigenvalue weighted by atomic mass is 9.77. The molecule has 18 heavy (non-hydrogen) atoms. The van der Waals surface area contributed by atoms with Crippen molar-refractivity contribution in [3.63, 3.8) is 0 Å². The van der Waals surface area contributed by atoms with Crippen LogP contribution >= 0.6 is 0 Å². The lowest BCUT2D eigenvalue weighted by Gasteiger charge is -2.41. The lowest BCUT2D eigenvalue weighted by molar-refractivity contribution is -0.0269. The Morgan fingerprint density at radius 2 is 1.39 bits per heavy atom. The third kappa shape index (κ3) is 2.89. The fourth-order valence-electron chi connectivity index (χ4n) is 3.54. The van der Waals surface area contributed by atoms with Gasteiger partial charge in [-0.15, -0.1) is 0 Å². The van der Waals surface area contributed by atoms with Gasteiger partial charge in [-0.05, 0) is 57.5 Å². The third-order valence-electron chi connectivity index (χ3n) is 5.03. The van der Waals surface area contributed by atoms with E-state index in [2.05, 4.69) is 37.5 Å². The number of aliphatic hydroxyl groups excluding tert-OH is 1. The molecule has 3 heteroatoms. The molecule has 0 aromatic rings. The molecule has 0 aliphatic carbocycles. The predicted octanol–water partition coefficient (Wildman–Crippen LogP) is 2.16. The third-order valence-corrected chi connectivity index (χ3v) is 5.03. The Morgan fingerprint density at radius 1 is 0.889 bits per heavy atom. The van der Waals surface area contributed by atoms with E-state index in [1.165, 1.54) is 32.4 Å². The second-order valence-electron chi connectivity index (χ2n) is 7.01. The van der Waals surface area contributed by atoms with Gasteiger partial charge in [0.15, 0.2) is 0 Å². The van der Waals surface area contributed by atoms with E-state index in [9.17, 15) is 5.11 Å². The van der Waals surface area contributed by atoms with E-state index in [0.717, 1.165) is 13.1 Å². The molecule has 2 heterocycles. The van der Waals surface area contributed by atoms with Crippen LogP contribution in [0.2, 0.25) is 0 Å². The molecule has 3 nitrogen and oxygen atoms in total. The molecular formula is C15H30N2O. The number of hydrogen-bond acceptors (Lipinski definition) is 3. The van der Waals surface area contributed by atoms with Gasteiger partial charge in [0.1, 0.15) is 6.23 Å². The number of likely N-dealkylation sites (tertiary alicyclic amines) is 2. The summed E-state index contributed by atoms with van der Waals surface area (Å²) in [5.41, 5.74) is 0.501. The summed E-state index contributed by atoms with van der Waals surface area (Å²) < 4.78 is 0. The van der Waals surface area contributed by atoms with Gasteiger partial charge in [0.2, 0.25) is 0 Å². The second-order valence-corrected chi connectivity index (χ2v) is 7.01. The Bertz CT molecular complexity index is 270. The second kappa shape index (κ2) is 5.48. The Hall–Kier alpha value is -0.120. The smallest absolute Gasteiger partial charge is 0.109 e. The van der Waals surface area contributed by atoms with Crippen molar-refractivity contribution in [2.45, 2.75) is 59.2 Å². The van der Waals surface area contributed by atoms with E-state index in [0.29, 0.717) is 17.4 Å². The lowest BCUT2D eigenvalue weighted by Crippen LogP contribution is -2.45. The average molecular weight is 254 g/mol. The van der Waals surface area contributed by atoms with Gasteiger partial charge >= 0.3 is 0 Å². The summed E-state index contributed by atoms with van der Waals surface area (Å²) in [4.78, 5) is 4.89. The van der Waals surface area contributed by atoms with E-state index in [1.807, 2.05) is 0 Å². The minimum atomic E-state index is -0.243. The zero-order chi connectivity index (χ0) is 13.3. The van der Waals surface area contributed by atoms with Crippen molar-refractivity contribution in [1.29, 1.82) is 0 Å². The van der Waals surface area contributed by atoms with E-state index in [1.54, 1.807) is 0 Å². The van der Waals surface area contributed by atoms with Gasteiger partial charge in [-0.2, -0.15) is 0 Å². The highest BCUT2D eigenvalue weighted by molar-refractivity contribution is 4.95. The zero-order valence-corrected chi connectivity index (χ0v) is 12.5. The molecule has 0 saturated carbocycles. The van der Waals surface area contributed by atoms with Crippen LogP contribution in [0.25, 0.3) is 0 Å². The van der Waals surface area contributed by atoms with E-state index in [4.69, 9.17) is 0 Å². The first-order valence-corrected chi connectivity index (χ1v) is 7.60. The molecule has 2 saturated heterocycles. The Kier molecular flexibility index (Phi) is 4.35. The molecular weight excluding hydrogens is 224 g/mol. The molecule has 106 valence electrons.